The van der Waals surface area contributed by atoms with Gasteiger partial charge in [-0.3, -0.25) is 0 Å². The zero-order chi connectivity index (χ0) is 27.1. The fourth-order valence-corrected chi connectivity index (χ4v) is 4.25. The number of ether oxygens (including phenoxy) is 4. The van der Waals surface area contributed by atoms with E-state index in [-0.39, 0.29) is 24.7 Å². The van der Waals surface area contributed by atoms with Gasteiger partial charge in [0.25, 0.3) is 0 Å². The molecule has 0 spiro atoms. The van der Waals surface area contributed by atoms with E-state index >= 15 is 0 Å². The van der Waals surface area contributed by atoms with Crippen LogP contribution in [0.5, 0.6) is 0 Å². The second-order valence-corrected chi connectivity index (χ2v) is 10.1. The van der Waals surface area contributed by atoms with Crippen LogP contribution in [0, 0.1) is 0 Å². The van der Waals surface area contributed by atoms with Crippen LogP contribution in [-0.4, -0.2) is 72.6 Å². The average molecular weight is 531 g/mol. The zero-order valence-electron chi connectivity index (χ0n) is 23.5. The first-order chi connectivity index (χ1) is 18.0. The zero-order valence-corrected chi connectivity index (χ0v) is 23.5. The van der Waals surface area contributed by atoms with Gasteiger partial charge in [-0.25, -0.2) is 4.79 Å². The van der Waals surface area contributed by atoms with E-state index in [1.807, 2.05) is 0 Å². The number of carbonyl (C=O) groups is 1. The minimum absolute atomic E-state index is 0.0181. The van der Waals surface area contributed by atoms with Crippen LogP contribution in [-0.2, 0) is 23.7 Å². The summed E-state index contributed by atoms with van der Waals surface area (Å²) in [5, 5.41) is 29.5. The third kappa shape index (κ3) is 15.6. The Labute approximate surface area is 224 Å². The van der Waals surface area contributed by atoms with Crippen molar-refractivity contribution in [1.82, 2.24) is 0 Å². The van der Waals surface area contributed by atoms with Crippen LogP contribution >= 0.6 is 0 Å². The third-order valence-corrected chi connectivity index (χ3v) is 6.57. The lowest BCUT2D eigenvalue weighted by Gasteiger charge is -2.20. The molecule has 1 heterocycles. The maximum absolute atomic E-state index is 12.3. The van der Waals surface area contributed by atoms with Crippen molar-refractivity contribution in [1.29, 1.82) is 0 Å². The summed E-state index contributed by atoms with van der Waals surface area (Å²) in [4.78, 5) is 12.3. The monoisotopic (exact) mass is 530 g/mol. The molecule has 1 aliphatic heterocycles. The number of hydrogen-bond donors (Lipinski definition) is 3. The fraction of sp³-hybridized carbons (Fsp3) is 0.897. The van der Waals surface area contributed by atoms with Crippen molar-refractivity contribution in [3.05, 3.63) is 11.5 Å². The molecule has 1 aliphatic rings. The molecule has 0 saturated heterocycles. The summed E-state index contributed by atoms with van der Waals surface area (Å²) >= 11 is 0. The highest BCUT2D eigenvalue weighted by Gasteiger charge is 2.42. The van der Waals surface area contributed by atoms with Gasteiger partial charge in [0.2, 0.25) is 5.76 Å². The number of cyclic esters (lactones) is 1. The predicted octanol–water partition coefficient (Wildman–Crippen LogP) is 5.17. The number of carbonyl (C=O) groups excluding carboxylic acids is 1. The smallest absolute Gasteiger partial charge is 0.378 e. The highest BCUT2D eigenvalue weighted by Crippen LogP contribution is 2.28. The minimum atomic E-state index is -1.33. The van der Waals surface area contributed by atoms with E-state index in [0.717, 1.165) is 32.1 Å². The highest BCUT2D eigenvalue weighted by molar-refractivity contribution is 5.89. The van der Waals surface area contributed by atoms with Gasteiger partial charge in [0.05, 0.1) is 19.8 Å². The molecule has 0 aromatic heterocycles. The number of aliphatic hydroxyl groups excluding tert-OH is 3. The largest absolute Gasteiger partial charge is 0.487 e. The normalized spacial score (nSPS) is 17.2. The molecule has 0 aromatic carbocycles. The van der Waals surface area contributed by atoms with Crippen molar-refractivity contribution in [2.75, 3.05) is 33.0 Å². The Morgan fingerprint density at radius 2 is 1.27 bits per heavy atom. The second-order valence-electron chi connectivity index (χ2n) is 10.1. The average Bonchev–Trinajstić information content (AvgIpc) is 3.22. The Morgan fingerprint density at radius 1 is 0.730 bits per heavy atom. The van der Waals surface area contributed by atoms with Crippen LogP contribution in [0.15, 0.2) is 11.5 Å². The maximum Gasteiger partial charge on any atom is 0.378 e. The van der Waals surface area contributed by atoms with Gasteiger partial charge in [-0.05, 0) is 12.8 Å². The fourth-order valence-electron chi connectivity index (χ4n) is 4.25. The van der Waals surface area contributed by atoms with Crippen molar-refractivity contribution >= 4 is 5.97 Å². The molecule has 8 nitrogen and oxygen atoms in total. The van der Waals surface area contributed by atoms with E-state index in [2.05, 4.69) is 13.8 Å². The molecular formula is C29H54O8. The van der Waals surface area contributed by atoms with Gasteiger partial charge in [0.15, 0.2) is 11.9 Å². The Balaban J connectivity index is 2.27. The van der Waals surface area contributed by atoms with Crippen molar-refractivity contribution < 1.29 is 39.1 Å². The number of rotatable bonds is 26. The SMILES string of the molecule is CCCCCCCCCCCCCCCCOC1=C(OCC(O)COCCCC)[C@@H]([C@@H](O)CO)OC1=O. The Bertz CT molecular complexity index is 594. The Morgan fingerprint density at radius 3 is 1.81 bits per heavy atom. The van der Waals surface area contributed by atoms with E-state index < -0.39 is 30.9 Å². The number of aliphatic hydroxyl groups is 3. The summed E-state index contributed by atoms with van der Waals surface area (Å²) in [5.41, 5.74) is 0. The van der Waals surface area contributed by atoms with Crippen molar-refractivity contribution in [2.45, 2.75) is 135 Å². The van der Waals surface area contributed by atoms with Gasteiger partial charge in [-0.1, -0.05) is 104 Å². The molecule has 1 rings (SSSR count). The first kappa shape index (κ1) is 33.7. The van der Waals surface area contributed by atoms with Crippen molar-refractivity contribution in [2.24, 2.45) is 0 Å². The minimum Gasteiger partial charge on any atom is -0.487 e. The van der Waals surface area contributed by atoms with Gasteiger partial charge in [0, 0.05) is 6.61 Å². The molecule has 0 saturated carbocycles. The third-order valence-electron chi connectivity index (χ3n) is 6.57. The molecule has 0 fully saturated rings. The van der Waals surface area contributed by atoms with Gasteiger partial charge in [-0.2, -0.15) is 0 Å². The summed E-state index contributed by atoms with van der Waals surface area (Å²) in [6.07, 6.45) is 16.1. The lowest BCUT2D eigenvalue weighted by Crippen LogP contribution is -2.33. The molecule has 8 heteroatoms. The number of unbranched alkanes of at least 4 members (excludes halogenated alkanes) is 14. The predicted molar refractivity (Wildman–Crippen MR) is 144 cm³/mol. The van der Waals surface area contributed by atoms with Crippen LogP contribution in [0.2, 0.25) is 0 Å². The lowest BCUT2D eigenvalue weighted by molar-refractivity contribution is -0.149. The van der Waals surface area contributed by atoms with E-state index in [0.29, 0.717) is 13.2 Å². The summed E-state index contributed by atoms with van der Waals surface area (Å²) in [6, 6.07) is 0. The molecular weight excluding hydrogens is 476 g/mol. The quantitative estimate of drug-likeness (QED) is 0.104. The van der Waals surface area contributed by atoms with Gasteiger partial charge in [0.1, 0.15) is 18.8 Å². The van der Waals surface area contributed by atoms with E-state index in [1.165, 1.54) is 70.6 Å². The summed E-state index contributed by atoms with van der Waals surface area (Å²) in [7, 11) is 0. The summed E-state index contributed by atoms with van der Waals surface area (Å²) < 4.78 is 21.9. The highest BCUT2D eigenvalue weighted by atomic mass is 16.6. The maximum atomic E-state index is 12.3. The standard InChI is InChI=1S/C29H54O8/c1-3-5-7-8-9-10-11-12-13-14-15-16-17-18-20-35-28-27(26(25(32)21-30)37-29(28)33)36-23-24(31)22-34-19-6-4-2/h24-26,30-32H,3-23H2,1-2H3/t24?,25-,26+/m0/s1. The summed E-state index contributed by atoms with van der Waals surface area (Å²) in [6.45, 7) is 4.56. The number of esters is 1. The Kier molecular flexibility index (Phi) is 20.6. The molecule has 0 aliphatic carbocycles. The van der Waals surface area contributed by atoms with E-state index in [4.69, 9.17) is 18.9 Å². The molecule has 37 heavy (non-hydrogen) atoms. The number of hydrogen-bond acceptors (Lipinski definition) is 8. The summed E-state index contributed by atoms with van der Waals surface area (Å²) in [5.74, 6) is -0.803. The van der Waals surface area contributed by atoms with Gasteiger partial charge < -0.3 is 34.3 Å². The van der Waals surface area contributed by atoms with Gasteiger partial charge >= 0.3 is 5.97 Å². The molecule has 0 bridgehead atoms. The molecule has 0 aromatic rings. The molecule has 0 amide bonds. The van der Waals surface area contributed by atoms with Gasteiger partial charge in [-0.15, -0.1) is 0 Å². The van der Waals surface area contributed by atoms with Crippen molar-refractivity contribution in [3.8, 4) is 0 Å². The first-order valence-corrected chi connectivity index (χ1v) is 14.8. The van der Waals surface area contributed by atoms with E-state index in [9.17, 15) is 20.1 Å². The molecule has 1 unspecified atom stereocenters. The van der Waals surface area contributed by atoms with Crippen LogP contribution in [0.1, 0.15) is 117 Å². The van der Waals surface area contributed by atoms with Crippen LogP contribution in [0.25, 0.3) is 0 Å². The molecule has 218 valence electrons. The van der Waals surface area contributed by atoms with Crippen LogP contribution < -0.4 is 0 Å². The van der Waals surface area contributed by atoms with E-state index in [1.54, 1.807) is 0 Å². The Hall–Kier alpha value is -1.35. The molecule has 0 radical (unpaired) electrons. The van der Waals surface area contributed by atoms with Crippen molar-refractivity contribution in [3.63, 3.8) is 0 Å². The van der Waals surface area contributed by atoms with Crippen LogP contribution in [0.3, 0.4) is 0 Å². The first-order valence-electron chi connectivity index (χ1n) is 14.8. The lowest BCUT2D eigenvalue weighted by atomic mass is 10.0. The topological polar surface area (TPSA) is 115 Å². The molecule has 3 atom stereocenters. The molecule has 3 N–H and O–H groups in total. The second kappa shape index (κ2) is 22.6. The van der Waals surface area contributed by atoms with Crippen LogP contribution in [0.4, 0.5) is 0 Å².